The minimum Gasteiger partial charge on any atom is -0.345 e. The van der Waals surface area contributed by atoms with Crippen LogP contribution in [0.4, 0.5) is 5.69 Å². The van der Waals surface area contributed by atoms with Crippen molar-refractivity contribution in [1.82, 2.24) is 0 Å². The lowest BCUT2D eigenvalue weighted by Gasteiger charge is -2.11. The van der Waals surface area contributed by atoms with Gasteiger partial charge in [0.25, 0.3) is 0 Å². The number of nitrogens with zero attached hydrogens (tertiary/aromatic N) is 4. The second-order valence-corrected chi connectivity index (χ2v) is 4.45. The van der Waals surface area contributed by atoms with Gasteiger partial charge in [-0.3, -0.25) is 0 Å². The number of allylic oxidation sites excluding steroid dienone is 2. The molecule has 5 heteroatoms. The maximum absolute atomic E-state index is 9.15. The summed E-state index contributed by atoms with van der Waals surface area (Å²) in [6, 6.07) is 21.5. The van der Waals surface area contributed by atoms with E-state index in [9.17, 15) is 0 Å². The molecule has 0 aliphatic rings. The number of nitrogens with one attached hydrogen (secondary N) is 1. The highest BCUT2D eigenvalue weighted by Crippen LogP contribution is 2.29. The first-order valence-electron chi connectivity index (χ1n) is 6.54. The molecular weight excluding hydrogens is 286 g/mol. The van der Waals surface area contributed by atoms with Crippen molar-refractivity contribution in [3.8, 4) is 35.4 Å². The van der Waals surface area contributed by atoms with E-state index in [4.69, 9.17) is 21.0 Å². The monoisotopic (exact) mass is 295 g/mol. The molecule has 0 fully saturated rings. The molecule has 0 unspecified atom stereocenters. The number of rotatable bonds is 3. The quantitative estimate of drug-likeness (QED) is 0.872. The number of para-hydroxylation sites is 1. The molecule has 1 N–H and O–H groups in total. The molecule has 0 saturated heterocycles. The molecule has 0 aliphatic carbocycles. The fraction of sp³-hybridized carbons (Fsp3) is 0. The van der Waals surface area contributed by atoms with Crippen LogP contribution in [0, 0.1) is 45.3 Å². The zero-order valence-electron chi connectivity index (χ0n) is 11.9. The van der Waals surface area contributed by atoms with Gasteiger partial charge < -0.3 is 5.32 Å². The number of hydrogen-bond donors (Lipinski definition) is 1. The van der Waals surface area contributed by atoms with Gasteiger partial charge in [0.1, 0.15) is 23.9 Å². The summed E-state index contributed by atoms with van der Waals surface area (Å²) in [7, 11) is 0. The predicted molar refractivity (Wildman–Crippen MR) is 84.1 cm³/mol. The van der Waals surface area contributed by atoms with Gasteiger partial charge in [-0.2, -0.15) is 21.0 Å². The van der Waals surface area contributed by atoms with E-state index in [1.807, 2.05) is 24.3 Å². The maximum Gasteiger partial charge on any atom is 0.163 e. The molecule has 2 rings (SSSR count). The molecule has 23 heavy (non-hydrogen) atoms. The first-order chi connectivity index (χ1) is 11.2. The van der Waals surface area contributed by atoms with Gasteiger partial charge in [-0.05, 0) is 23.8 Å². The minimum atomic E-state index is -0.284. The van der Waals surface area contributed by atoms with E-state index >= 15 is 0 Å². The Hall–Kier alpha value is -4.06. The van der Waals surface area contributed by atoms with Crippen LogP contribution >= 0.6 is 0 Å². The van der Waals surface area contributed by atoms with Crippen LogP contribution in [0.1, 0.15) is 5.56 Å². The van der Waals surface area contributed by atoms with Crippen molar-refractivity contribution in [2.75, 3.05) is 5.32 Å². The molecule has 0 aliphatic heterocycles. The summed E-state index contributed by atoms with van der Waals surface area (Å²) in [5.74, 6) is 0. The number of benzene rings is 2. The van der Waals surface area contributed by atoms with E-state index in [1.54, 1.807) is 42.5 Å². The summed E-state index contributed by atoms with van der Waals surface area (Å²) in [4.78, 5) is 0. The fourth-order valence-electron chi connectivity index (χ4n) is 2.02. The SMILES string of the molecule is N#CC(C#N)=C(C#N)Nc1ccccc1-c1cccc(C#N)c1. The van der Waals surface area contributed by atoms with Crippen molar-refractivity contribution >= 4 is 5.69 Å². The van der Waals surface area contributed by atoms with Crippen LogP contribution in [0.15, 0.2) is 59.8 Å². The summed E-state index contributed by atoms with van der Waals surface area (Å²) in [5.41, 5.74) is 2.24. The van der Waals surface area contributed by atoms with E-state index in [2.05, 4.69) is 11.4 Å². The number of anilines is 1. The van der Waals surface area contributed by atoms with Gasteiger partial charge in [-0.1, -0.05) is 30.3 Å². The Morgan fingerprint density at radius 1 is 0.826 bits per heavy atom. The Bertz CT molecular complexity index is 927. The second-order valence-electron chi connectivity index (χ2n) is 4.45. The van der Waals surface area contributed by atoms with Crippen LogP contribution in [-0.4, -0.2) is 0 Å². The highest BCUT2D eigenvalue weighted by Gasteiger charge is 2.10. The van der Waals surface area contributed by atoms with Crippen LogP contribution in [0.25, 0.3) is 11.1 Å². The van der Waals surface area contributed by atoms with E-state index in [0.717, 1.165) is 11.1 Å². The summed E-state index contributed by atoms with van der Waals surface area (Å²) in [6.45, 7) is 0. The van der Waals surface area contributed by atoms with E-state index < -0.39 is 0 Å². The third-order valence-electron chi connectivity index (χ3n) is 3.07. The van der Waals surface area contributed by atoms with E-state index in [1.165, 1.54) is 0 Å². The number of nitriles is 4. The van der Waals surface area contributed by atoms with Gasteiger partial charge in [-0.25, -0.2) is 0 Å². The van der Waals surface area contributed by atoms with Crippen molar-refractivity contribution in [2.24, 2.45) is 0 Å². The molecule has 5 nitrogen and oxygen atoms in total. The van der Waals surface area contributed by atoms with Gasteiger partial charge in [0.2, 0.25) is 0 Å². The van der Waals surface area contributed by atoms with Gasteiger partial charge in [-0.15, -0.1) is 0 Å². The lowest BCUT2D eigenvalue weighted by atomic mass is 10.0. The Morgan fingerprint density at radius 3 is 2.22 bits per heavy atom. The van der Waals surface area contributed by atoms with Gasteiger partial charge in [0, 0.05) is 11.3 Å². The standard InChI is InChI=1S/C18H9N5/c19-9-13-4-3-5-14(8-13)16-6-1-2-7-17(16)23-18(12-22)15(10-20)11-21/h1-8,23H. The Labute approximate surface area is 133 Å². The lowest BCUT2D eigenvalue weighted by molar-refractivity contribution is 1.37. The average molecular weight is 295 g/mol. The highest BCUT2D eigenvalue weighted by atomic mass is 14.9. The third kappa shape index (κ3) is 3.34. The highest BCUT2D eigenvalue weighted by molar-refractivity contribution is 5.80. The van der Waals surface area contributed by atoms with E-state index in [0.29, 0.717) is 11.3 Å². The van der Waals surface area contributed by atoms with Gasteiger partial charge in [0.15, 0.2) is 5.57 Å². The van der Waals surface area contributed by atoms with Crippen LogP contribution in [0.2, 0.25) is 0 Å². The first kappa shape index (κ1) is 15.3. The van der Waals surface area contributed by atoms with Crippen LogP contribution in [0.3, 0.4) is 0 Å². The van der Waals surface area contributed by atoms with Crippen molar-refractivity contribution in [2.45, 2.75) is 0 Å². The molecule has 0 atom stereocenters. The predicted octanol–water partition coefficient (Wildman–Crippen LogP) is 3.46. The molecule has 0 radical (unpaired) electrons. The molecule has 2 aromatic rings. The van der Waals surface area contributed by atoms with Crippen molar-refractivity contribution in [3.63, 3.8) is 0 Å². The zero-order valence-corrected chi connectivity index (χ0v) is 11.9. The normalized spacial score (nSPS) is 8.70. The smallest absolute Gasteiger partial charge is 0.163 e. The summed E-state index contributed by atoms with van der Waals surface area (Å²) in [5, 5.41) is 38.8. The largest absolute Gasteiger partial charge is 0.345 e. The van der Waals surface area contributed by atoms with E-state index in [-0.39, 0.29) is 11.3 Å². The van der Waals surface area contributed by atoms with Crippen molar-refractivity contribution in [3.05, 3.63) is 65.4 Å². The Balaban J connectivity index is 2.54. The second kappa shape index (κ2) is 7.09. The molecule has 0 heterocycles. The Morgan fingerprint density at radius 2 is 1.57 bits per heavy atom. The van der Waals surface area contributed by atoms with Gasteiger partial charge in [0.05, 0.1) is 11.6 Å². The summed E-state index contributed by atoms with van der Waals surface area (Å²) < 4.78 is 0. The molecule has 106 valence electrons. The lowest BCUT2D eigenvalue weighted by Crippen LogP contribution is -2.02. The minimum absolute atomic E-state index is 0.112. The maximum atomic E-state index is 9.15. The molecule has 2 aromatic carbocycles. The topological polar surface area (TPSA) is 107 Å². The van der Waals surface area contributed by atoms with Gasteiger partial charge >= 0.3 is 0 Å². The van der Waals surface area contributed by atoms with Crippen molar-refractivity contribution in [1.29, 1.82) is 21.0 Å². The van der Waals surface area contributed by atoms with Crippen LogP contribution in [-0.2, 0) is 0 Å². The average Bonchev–Trinajstić information content (AvgIpc) is 2.62. The fourth-order valence-corrected chi connectivity index (χ4v) is 2.02. The third-order valence-corrected chi connectivity index (χ3v) is 3.07. The number of hydrogen-bond acceptors (Lipinski definition) is 5. The van der Waals surface area contributed by atoms with Crippen LogP contribution < -0.4 is 5.32 Å². The molecule has 0 spiro atoms. The molecule has 0 bridgehead atoms. The zero-order chi connectivity index (χ0) is 16.7. The Kier molecular flexibility index (Phi) is 4.73. The first-order valence-corrected chi connectivity index (χ1v) is 6.54. The summed E-state index contributed by atoms with van der Waals surface area (Å²) >= 11 is 0. The molecule has 0 aromatic heterocycles. The summed E-state index contributed by atoms with van der Waals surface area (Å²) in [6.07, 6.45) is 0. The van der Waals surface area contributed by atoms with Crippen LogP contribution in [0.5, 0.6) is 0 Å². The van der Waals surface area contributed by atoms with Crippen molar-refractivity contribution < 1.29 is 0 Å². The molecule has 0 amide bonds. The molecular formula is C18H9N5. The molecule has 0 saturated carbocycles.